The Bertz CT molecular complexity index is 687. The molecule has 19 heavy (non-hydrogen) atoms. The summed E-state index contributed by atoms with van der Waals surface area (Å²) in [6.07, 6.45) is 4.98. The molecule has 0 aliphatic rings. The Kier molecular flexibility index (Phi) is 3.94. The molecule has 1 aromatic carbocycles. The van der Waals surface area contributed by atoms with Gasteiger partial charge in [-0.3, -0.25) is 0 Å². The van der Waals surface area contributed by atoms with Gasteiger partial charge in [-0.05, 0) is 12.1 Å². The van der Waals surface area contributed by atoms with Crippen LogP contribution in [-0.2, 0) is 16.6 Å². The molecule has 1 heterocycles. The van der Waals surface area contributed by atoms with E-state index in [1.807, 2.05) is 6.07 Å². The zero-order valence-electron chi connectivity index (χ0n) is 10.0. The van der Waals surface area contributed by atoms with Crippen molar-refractivity contribution in [1.29, 1.82) is 5.26 Å². The number of nitrogens with one attached hydrogen (secondary N) is 1. The molecular formula is C12H12N4O2S. The number of sulfonamides is 1. The van der Waals surface area contributed by atoms with E-state index in [0.717, 1.165) is 0 Å². The molecule has 2 aromatic rings. The summed E-state index contributed by atoms with van der Waals surface area (Å²) in [5.74, 6) is 0. The van der Waals surface area contributed by atoms with Crippen molar-refractivity contribution in [2.75, 3.05) is 6.54 Å². The summed E-state index contributed by atoms with van der Waals surface area (Å²) in [4.78, 5) is 3.87. The van der Waals surface area contributed by atoms with E-state index in [4.69, 9.17) is 5.26 Å². The molecule has 2 rings (SSSR count). The van der Waals surface area contributed by atoms with Gasteiger partial charge < -0.3 is 4.57 Å². The molecule has 1 aromatic heterocycles. The van der Waals surface area contributed by atoms with Crippen molar-refractivity contribution in [2.45, 2.75) is 11.4 Å². The zero-order valence-corrected chi connectivity index (χ0v) is 10.8. The normalized spacial score (nSPS) is 11.1. The highest BCUT2D eigenvalue weighted by molar-refractivity contribution is 7.89. The molecule has 0 saturated carbocycles. The topological polar surface area (TPSA) is 87.8 Å². The van der Waals surface area contributed by atoms with E-state index >= 15 is 0 Å². The monoisotopic (exact) mass is 276 g/mol. The van der Waals surface area contributed by atoms with Gasteiger partial charge in [0.25, 0.3) is 0 Å². The predicted octanol–water partition coefficient (Wildman–Crippen LogP) is 0.733. The number of hydrogen-bond donors (Lipinski definition) is 1. The maximum Gasteiger partial charge on any atom is 0.241 e. The second kappa shape index (κ2) is 5.65. The number of nitrogens with zero attached hydrogens (tertiary/aromatic N) is 3. The number of rotatable bonds is 5. The van der Waals surface area contributed by atoms with Gasteiger partial charge in [-0.15, -0.1) is 0 Å². The van der Waals surface area contributed by atoms with Gasteiger partial charge in [0.05, 0.1) is 16.8 Å². The largest absolute Gasteiger partial charge is 0.336 e. The first-order valence-corrected chi connectivity index (χ1v) is 7.06. The lowest BCUT2D eigenvalue weighted by atomic mass is 10.2. The molecule has 0 radical (unpaired) electrons. The van der Waals surface area contributed by atoms with Crippen molar-refractivity contribution < 1.29 is 8.42 Å². The van der Waals surface area contributed by atoms with Crippen molar-refractivity contribution in [1.82, 2.24) is 14.3 Å². The Labute approximate surface area is 111 Å². The Morgan fingerprint density at radius 3 is 2.84 bits per heavy atom. The number of hydrogen-bond acceptors (Lipinski definition) is 4. The number of aromatic nitrogens is 2. The lowest BCUT2D eigenvalue weighted by Crippen LogP contribution is -2.27. The fraction of sp³-hybridized carbons (Fsp3) is 0.167. The van der Waals surface area contributed by atoms with Crippen LogP contribution in [0.5, 0.6) is 0 Å². The van der Waals surface area contributed by atoms with E-state index in [1.54, 1.807) is 35.4 Å². The fourth-order valence-electron chi connectivity index (χ4n) is 1.60. The van der Waals surface area contributed by atoms with E-state index < -0.39 is 10.0 Å². The molecule has 0 unspecified atom stereocenters. The Morgan fingerprint density at radius 1 is 1.37 bits per heavy atom. The summed E-state index contributed by atoms with van der Waals surface area (Å²) in [5.41, 5.74) is 0.137. The molecule has 0 saturated heterocycles. The van der Waals surface area contributed by atoms with Crippen LogP contribution in [-0.4, -0.2) is 24.5 Å². The van der Waals surface area contributed by atoms with Crippen molar-refractivity contribution >= 4 is 10.0 Å². The molecule has 7 heteroatoms. The molecule has 0 fully saturated rings. The first kappa shape index (κ1) is 13.3. The number of benzene rings is 1. The third-order valence-electron chi connectivity index (χ3n) is 2.52. The lowest BCUT2D eigenvalue weighted by Gasteiger charge is -2.08. The van der Waals surface area contributed by atoms with Crippen LogP contribution in [0, 0.1) is 11.3 Å². The standard InChI is InChI=1S/C12H12N4O2S/c13-9-11-3-1-2-4-12(11)19(17,18)15-6-8-16-7-5-14-10-16/h1-5,7,10,15H,6,8H2. The minimum Gasteiger partial charge on any atom is -0.336 e. The van der Waals surface area contributed by atoms with E-state index in [2.05, 4.69) is 9.71 Å². The Hall–Kier alpha value is -2.17. The highest BCUT2D eigenvalue weighted by Gasteiger charge is 2.17. The summed E-state index contributed by atoms with van der Waals surface area (Å²) in [6.45, 7) is 0.715. The van der Waals surface area contributed by atoms with Crippen LogP contribution >= 0.6 is 0 Å². The summed E-state index contributed by atoms with van der Waals surface area (Å²) in [5, 5.41) is 8.90. The van der Waals surface area contributed by atoms with Gasteiger partial charge in [-0.2, -0.15) is 5.26 Å². The van der Waals surface area contributed by atoms with Gasteiger partial charge in [0, 0.05) is 25.5 Å². The van der Waals surface area contributed by atoms with Crippen LogP contribution in [0.1, 0.15) is 5.56 Å². The van der Waals surface area contributed by atoms with Crippen molar-refractivity contribution in [3.8, 4) is 6.07 Å². The molecule has 0 aliphatic heterocycles. The molecule has 0 atom stereocenters. The minimum atomic E-state index is -3.66. The summed E-state index contributed by atoms with van der Waals surface area (Å²) < 4.78 is 28.3. The van der Waals surface area contributed by atoms with Crippen LogP contribution in [0.25, 0.3) is 0 Å². The summed E-state index contributed by atoms with van der Waals surface area (Å²) >= 11 is 0. The average molecular weight is 276 g/mol. The van der Waals surface area contributed by atoms with E-state index in [1.165, 1.54) is 12.1 Å². The third kappa shape index (κ3) is 3.19. The molecule has 0 bridgehead atoms. The lowest BCUT2D eigenvalue weighted by molar-refractivity contribution is 0.572. The smallest absolute Gasteiger partial charge is 0.241 e. The summed E-state index contributed by atoms with van der Waals surface area (Å²) in [7, 11) is -3.66. The van der Waals surface area contributed by atoms with Crippen LogP contribution in [0.4, 0.5) is 0 Å². The minimum absolute atomic E-state index is 0.00290. The Morgan fingerprint density at radius 2 is 2.16 bits per heavy atom. The second-order valence-electron chi connectivity index (χ2n) is 3.81. The van der Waals surface area contributed by atoms with Crippen molar-refractivity contribution in [2.24, 2.45) is 0 Å². The van der Waals surface area contributed by atoms with Crippen molar-refractivity contribution in [3.63, 3.8) is 0 Å². The fourth-order valence-corrected chi connectivity index (χ4v) is 2.78. The van der Waals surface area contributed by atoms with Crippen LogP contribution in [0.2, 0.25) is 0 Å². The van der Waals surface area contributed by atoms with Gasteiger partial charge in [-0.25, -0.2) is 18.1 Å². The maximum atomic E-state index is 12.1. The van der Waals surface area contributed by atoms with Crippen LogP contribution in [0.15, 0.2) is 47.9 Å². The zero-order chi connectivity index (χ0) is 13.7. The molecular weight excluding hydrogens is 264 g/mol. The SMILES string of the molecule is N#Cc1ccccc1S(=O)(=O)NCCn1ccnc1. The van der Waals surface area contributed by atoms with Gasteiger partial charge in [0.2, 0.25) is 10.0 Å². The Balaban J connectivity index is 2.08. The molecule has 0 amide bonds. The quantitative estimate of drug-likeness (QED) is 0.872. The highest BCUT2D eigenvalue weighted by Crippen LogP contribution is 2.13. The van der Waals surface area contributed by atoms with E-state index in [0.29, 0.717) is 6.54 Å². The van der Waals surface area contributed by atoms with Crippen LogP contribution < -0.4 is 4.72 Å². The highest BCUT2D eigenvalue weighted by atomic mass is 32.2. The first-order valence-electron chi connectivity index (χ1n) is 5.58. The number of nitriles is 1. The molecule has 0 aliphatic carbocycles. The van der Waals surface area contributed by atoms with Gasteiger partial charge >= 0.3 is 0 Å². The van der Waals surface area contributed by atoms with Gasteiger partial charge in [-0.1, -0.05) is 12.1 Å². The molecule has 98 valence electrons. The molecule has 6 nitrogen and oxygen atoms in total. The molecule has 1 N–H and O–H groups in total. The maximum absolute atomic E-state index is 12.1. The van der Waals surface area contributed by atoms with Gasteiger partial charge in [0.15, 0.2) is 0 Å². The van der Waals surface area contributed by atoms with E-state index in [9.17, 15) is 8.42 Å². The number of imidazole rings is 1. The van der Waals surface area contributed by atoms with Gasteiger partial charge in [0.1, 0.15) is 6.07 Å². The third-order valence-corrected chi connectivity index (χ3v) is 4.04. The van der Waals surface area contributed by atoms with Crippen molar-refractivity contribution in [3.05, 3.63) is 48.5 Å². The van der Waals surface area contributed by atoms with Crippen LogP contribution in [0.3, 0.4) is 0 Å². The van der Waals surface area contributed by atoms with E-state index in [-0.39, 0.29) is 17.0 Å². The second-order valence-corrected chi connectivity index (χ2v) is 5.54. The first-order chi connectivity index (χ1) is 9.13. The average Bonchev–Trinajstić information content (AvgIpc) is 2.91. The summed E-state index contributed by atoms with van der Waals surface area (Å²) in [6, 6.07) is 7.98. The molecule has 0 spiro atoms. The predicted molar refractivity (Wildman–Crippen MR) is 68.6 cm³/mol.